The molecule has 0 aliphatic carbocycles. The Morgan fingerprint density at radius 2 is 0.491 bits per heavy atom. The zero-order chi connectivity index (χ0) is 40.1. The second-order valence-corrected chi connectivity index (χ2v) is 17.9. The van der Waals surface area contributed by atoms with Gasteiger partial charge in [0.1, 0.15) is 0 Å². The van der Waals surface area contributed by atoms with Gasteiger partial charge in [0.05, 0.1) is 0 Å². The van der Waals surface area contributed by atoms with E-state index in [4.69, 9.17) is 0 Å². The number of rotatable bonds is 42. The Morgan fingerprint density at radius 1 is 0.236 bits per heavy atom. The van der Waals surface area contributed by atoms with Crippen LogP contribution in [0, 0.1) is 0 Å². The Bertz CT molecular complexity index is 652. The van der Waals surface area contributed by atoms with E-state index in [0.717, 1.165) is 0 Å². The third kappa shape index (κ3) is 40.4. The molecule has 0 saturated carbocycles. The summed E-state index contributed by atoms with van der Waals surface area (Å²) in [7, 11) is 0. The van der Waals surface area contributed by atoms with Crippen LogP contribution in [0.1, 0.15) is 253 Å². The highest BCUT2D eigenvalue weighted by Gasteiger charge is 2.17. The Hall–Kier alpha value is -0.160. The second kappa shape index (κ2) is 46.5. The Labute approximate surface area is 350 Å². The molecule has 0 spiro atoms. The molecule has 4 nitrogen and oxygen atoms in total. The van der Waals surface area contributed by atoms with E-state index in [1.54, 1.807) is 0 Å². The average molecular weight is 777 g/mol. The lowest BCUT2D eigenvalue weighted by Crippen LogP contribution is -2.49. The molecule has 0 unspecified atom stereocenters. The first-order valence-electron chi connectivity index (χ1n) is 26.0. The quantitative estimate of drug-likeness (QED) is 0.0572. The van der Waals surface area contributed by atoms with E-state index in [2.05, 4.69) is 61.1 Å². The van der Waals surface area contributed by atoms with Crippen molar-refractivity contribution in [2.45, 2.75) is 253 Å². The third-order valence-electron chi connectivity index (χ3n) is 12.5. The van der Waals surface area contributed by atoms with Crippen LogP contribution in [0.5, 0.6) is 0 Å². The van der Waals surface area contributed by atoms with Crippen LogP contribution in [-0.4, -0.2) is 98.1 Å². The van der Waals surface area contributed by atoms with E-state index in [9.17, 15) is 0 Å². The standard InChI is InChI=1S/C47H98N4.C4H10/c1-5-9-12-15-18-21-24-27-30-33-37-49(38-34-31-28-25-22-19-16-13-10-6-2)42-43-50(39-35-32-29-26-23-20-17-14-11-7-3)44-47-51-45-40-48(36-8-4)41-46-51;1-3-4-2/h5-47H2,1-4H3;3-4H2,1-2H3. The van der Waals surface area contributed by atoms with Crippen molar-refractivity contribution in [1.29, 1.82) is 0 Å². The summed E-state index contributed by atoms with van der Waals surface area (Å²) in [4.78, 5) is 11.2. The van der Waals surface area contributed by atoms with Crippen LogP contribution >= 0.6 is 0 Å². The number of hydrogen-bond acceptors (Lipinski definition) is 4. The zero-order valence-corrected chi connectivity index (χ0v) is 39.6. The van der Waals surface area contributed by atoms with E-state index >= 15 is 0 Å². The topological polar surface area (TPSA) is 13.0 Å². The molecule has 1 saturated heterocycles. The lowest BCUT2D eigenvalue weighted by atomic mass is 10.1. The van der Waals surface area contributed by atoms with Gasteiger partial charge < -0.3 is 14.7 Å². The zero-order valence-electron chi connectivity index (χ0n) is 39.6. The Morgan fingerprint density at radius 3 is 0.764 bits per heavy atom. The molecule has 0 N–H and O–H groups in total. The minimum Gasteiger partial charge on any atom is -0.302 e. The monoisotopic (exact) mass is 777 g/mol. The second-order valence-electron chi connectivity index (χ2n) is 17.9. The highest BCUT2D eigenvalue weighted by atomic mass is 15.3. The predicted octanol–water partition coefficient (Wildman–Crippen LogP) is 15.2. The molecule has 0 bridgehead atoms. The Balaban J connectivity index is 0.00000692. The molecule has 4 heteroatoms. The molecule has 55 heavy (non-hydrogen) atoms. The summed E-state index contributed by atoms with van der Waals surface area (Å²) < 4.78 is 0. The summed E-state index contributed by atoms with van der Waals surface area (Å²) in [5.74, 6) is 0. The van der Waals surface area contributed by atoms with Crippen molar-refractivity contribution in [3.05, 3.63) is 0 Å². The molecular formula is C51H108N4. The molecule has 1 aliphatic heterocycles. The van der Waals surface area contributed by atoms with Crippen molar-refractivity contribution in [2.24, 2.45) is 0 Å². The number of nitrogens with zero attached hydrogens (tertiary/aromatic N) is 4. The van der Waals surface area contributed by atoms with Crippen LogP contribution in [0.2, 0.25) is 0 Å². The summed E-state index contributed by atoms with van der Waals surface area (Å²) >= 11 is 0. The minimum atomic E-state index is 1.27. The number of hydrogen-bond donors (Lipinski definition) is 0. The van der Waals surface area contributed by atoms with E-state index in [1.807, 2.05) is 0 Å². The smallest absolute Gasteiger partial charge is 0.0110 e. The van der Waals surface area contributed by atoms with Crippen LogP contribution in [0.25, 0.3) is 0 Å². The summed E-state index contributed by atoms with van der Waals surface area (Å²) in [6.07, 6.45) is 47.1. The molecule has 1 rings (SSSR count). The Kier molecular flexibility index (Phi) is 46.4. The largest absolute Gasteiger partial charge is 0.302 e. The van der Waals surface area contributed by atoms with E-state index < -0.39 is 0 Å². The molecule has 0 radical (unpaired) electrons. The lowest BCUT2D eigenvalue weighted by Gasteiger charge is -2.36. The van der Waals surface area contributed by atoms with Crippen molar-refractivity contribution in [1.82, 2.24) is 19.6 Å². The SMILES string of the molecule is CCCC.CCCCCCCCCCCCN(CCCCCCCCCCCC)CCN(CCCCCCCCCCCC)CCN1CCN(CCC)CC1. The van der Waals surface area contributed by atoms with Gasteiger partial charge in [0.15, 0.2) is 0 Å². The van der Waals surface area contributed by atoms with Gasteiger partial charge in [-0.25, -0.2) is 0 Å². The van der Waals surface area contributed by atoms with Gasteiger partial charge in [-0.05, 0) is 51.9 Å². The van der Waals surface area contributed by atoms with Gasteiger partial charge in [-0.3, -0.25) is 4.90 Å². The highest BCUT2D eigenvalue weighted by Crippen LogP contribution is 2.15. The fourth-order valence-corrected chi connectivity index (χ4v) is 8.26. The molecule has 0 amide bonds. The molecule has 0 aromatic heterocycles. The molecular weight excluding hydrogens is 669 g/mol. The summed E-state index contributed by atoms with van der Waals surface area (Å²) in [6.45, 7) is 29.1. The van der Waals surface area contributed by atoms with Crippen molar-refractivity contribution >= 4 is 0 Å². The number of unbranched alkanes of at least 4 members (excludes halogenated alkanes) is 28. The van der Waals surface area contributed by atoms with Gasteiger partial charge in [0, 0.05) is 52.4 Å². The first kappa shape index (κ1) is 54.8. The molecule has 1 aliphatic rings. The van der Waals surface area contributed by atoms with Crippen LogP contribution in [0.15, 0.2) is 0 Å². The highest BCUT2D eigenvalue weighted by molar-refractivity contribution is 4.74. The van der Waals surface area contributed by atoms with Crippen molar-refractivity contribution < 1.29 is 0 Å². The van der Waals surface area contributed by atoms with Crippen LogP contribution < -0.4 is 0 Å². The predicted molar refractivity (Wildman–Crippen MR) is 252 cm³/mol. The van der Waals surface area contributed by atoms with Gasteiger partial charge in [-0.15, -0.1) is 0 Å². The molecule has 332 valence electrons. The fraction of sp³-hybridized carbons (Fsp3) is 1.00. The van der Waals surface area contributed by atoms with E-state index in [0.29, 0.717) is 0 Å². The summed E-state index contributed by atoms with van der Waals surface area (Å²) in [5, 5.41) is 0. The van der Waals surface area contributed by atoms with Gasteiger partial charge in [-0.2, -0.15) is 0 Å². The average Bonchev–Trinajstić information content (AvgIpc) is 3.21. The normalized spacial score (nSPS) is 14.0. The molecule has 0 aromatic carbocycles. The van der Waals surface area contributed by atoms with Gasteiger partial charge >= 0.3 is 0 Å². The molecule has 0 atom stereocenters. The van der Waals surface area contributed by atoms with Crippen LogP contribution in [0.3, 0.4) is 0 Å². The van der Waals surface area contributed by atoms with E-state index in [-0.39, 0.29) is 0 Å². The van der Waals surface area contributed by atoms with Gasteiger partial charge in [0.2, 0.25) is 0 Å². The van der Waals surface area contributed by atoms with E-state index in [1.165, 1.54) is 290 Å². The summed E-state index contributed by atoms with van der Waals surface area (Å²) in [5.41, 5.74) is 0. The molecule has 0 aromatic rings. The van der Waals surface area contributed by atoms with Crippen LogP contribution in [-0.2, 0) is 0 Å². The third-order valence-corrected chi connectivity index (χ3v) is 12.5. The lowest BCUT2D eigenvalue weighted by molar-refractivity contribution is 0.114. The maximum atomic E-state index is 2.89. The first-order chi connectivity index (χ1) is 27.1. The summed E-state index contributed by atoms with van der Waals surface area (Å²) in [6, 6.07) is 0. The maximum Gasteiger partial charge on any atom is 0.0110 e. The minimum absolute atomic E-state index is 1.27. The van der Waals surface area contributed by atoms with Crippen LogP contribution in [0.4, 0.5) is 0 Å². The molecule has 1 fully saturated rings. The molecule has 1 heterocycles. The van der Waals surface area contributed by atoms with Crippen molar-refractivity contribution in [3.8, 4) is 0 Å². The fourth-order valence-electron chi connectivity index (χ4n) is 8.26. The number of piperazine rings is 1. The van der Waals surface area contributed by atoms with Gasteiger partial charge in [0.25, 0.3) is 0 Å². The first-order valence-corrected chi connectivity index (χ1v) is 26.0. The van der Waals surface area contributed by atoms with Crippen molar-refractivity contribution in [2.75, 3.05) is 78.5 Å². The maximum absolute atomic E-state index is 2.89. The van der Waals surface area contributed by atoms with Gasteiger partial charge in [-0.1, -0.05) is 228 Å². The van der Waals surface area contributed by atoms with Crippen molar-refractivity contribution in [3.63, 3.8) is 0 Å².